The average Bonchev–Trinajstić information content (AvgIpc) is 2.13. The highest BCUT2D eigenvalue weighted by Gasteiger charge is 2.33. The van der Waals surface area contributed by atoms with Crippen molar-refractivity contribution in [2.75, 3.05) is 13.2 Å². The van der Waals surface area contributed by atoms with Gasteiger partial charge in [-0.2, -0.15) is 0 Å². The lowest BCUT2D eigenvalue weighted by molar-refractivity contribution is -0.130. The molecule has 0 unspecified atom stereocenters. The molecule has 0 N–H and O–H groups in total. The van der Waals surface area contributed by atoms with Crippen molar-refractivity contribution >= 4 is 5.78 Å². The second-order valence-electron chi connectivity index (χ2n) is 4.14. The van der Waals surface area contributed by atoms with E-state index in [1.165, 1.54) is 5.57 Å². The minimum absolute atomic E-state index is 0.284. The molecule has 1 saturated heterocycles. The van der Waals surface area contributed by atoms with Crippen LogP contribution in [0.5, 0.6) is 0 Å². The maximum Gasteiger partial charge on any atom is 0.139 e. The summed E-state index contributed by atoms with van der Waals surface area (Å²) < 4.78 is 5.23. The largest absolute Gasteiger partial charge is 0.381 e. The molecule has 1 aliphatic carbocycles. The number of hydrogen-bond donors (Lipinski definition) is 0. The van der Waals surface area contributed by atoms with Crippen LogP contribution in [0.15, 0.2) is 12.2 Å². The lowest BCUT2D eigenvalue weighted by Crippen LogP contribution is -2.33. The molecule has 0 spiro atoms. The predicted molar refractivity (Wildman–Crippen MR) is 50.4 cm³/mol. The third-order valence-electron chi connectivity index (χ3n) is 3.10. The molecule has 2 fully saturated rings. The quantitative estimate of drug-likeness (QED) is 0.607. The zero-order valence-corrected chi connectivity index (χ0v) is 7.92. The molecule has 1 heterocycles. The summed E-state index contributed by atoms with van der Waals surface area (Å²) >= 11 is 0. The molecule has 0 amide bonds. The minimum Gasteiger partial charge on any atom is -0.381 e. The van der Waals surface area contributed by atoms with Crippen molar-refractivity contribution in [2.45, 2.75) is 25.7 Å². The van der Waals surface area contributed by atoms with Gasteiger partial charge in [-0.3, -0.25) is 4.79 Å². The fraction of sp³-hybridized carbons (Fsp3) is 0.727. The Morgan fingerprint density at radius 3 is 2.38 bits per heavy atom. The van der Waals surface area contributed by atoms with Gasteiger partial charge in [0.25, 0.3) is 0 Å². The molecule has 1 aliphatic heterocycles. The van der Waals surface area contributed by atoms with Crippen LogP contribution >= 0.6 is 0 Å². The van der Waals surface area contributed by atoms with E-state index in [-0.39, 0.29) is 5.92 Å². The van der Waals surface area contributed by atoms with Crippen molar-refractivity contribution in [3.8, 4) is 0 Å². The van der Waals surface area contributed by atoms with Crippen LogP contribution in [0.1, 0.15) is 25.7 Å². The Bertz CT molecular complexity index is 218. The third-order valence-corrected chi connectivity index (χ3v) is 3.10. The van der Waals surface area contributed by atoms with E-state index in [0.717, 1.165) is 38.9 Å². The molecule has 0 bridgehead atoms. The van der Waals surface area contributed by atoms with E-state index in [0.29, 0.717) is 11.7 Å². The maximum atomic E-state index is 11.8. The number of ether oxygens (including phenoxy) is 1. The van der Waals surface area contributed by atoms with Crippen molar-refractivity contribution in [1.82, 2.24) is 0 Å². The van der Waals surface area contributed by atoms with Gasteiger partial charge in [0, 0.05) is 25.0 Å². The molecule has 2 aliphatic rings. The summed E-state index contributed by atoms with van der Waals surface area (Å²) in [5, 5.41) is 0. The Hall–Kier alpha value is -0.630. The molecular formula is C11H16O2. The van der Waals surface area contributed by atoms with Crippen LogP contribution in [0.2, 0.25) is 0 Å². The molecule has 2 heteroatoms. The van der Waals surface area contributed by atoms with Crippen LogP contribution in [-0.2, 0) is 9.53 Å². The molecule has 1 saturated carbocycles. The monoisotopic (exact) mass is 180 g/mol. The van der Waals surface area contributed by atoms with E-state index in [9.17, 15) is 4.79 Å². The maximum absolute atomic E-state index is 11.8. The Labute approximate surface area is 79.0 Å². The van der Waals surface area contributed by atoms with Crippen molar-refractivity contribution < 1.29 is 9.53 Å². The van der Waals surface area contributed by atoms with Crippen molar-refractivity contribution in [1.29, 1.82) is 0 Å². The van der Waals surface area contributed by atoms with Gasteiger partial charge in [-0.05, 0) is 25.7 Å². The van der Waals surface area contributed by atoms with Gasteiger partial charge < -0.3 is 4.74 Å². The fourth-order valence-corrected chi connectivity index (χ4v) is 2.15. The first-order chi connectivity index (χ1) is 6.27. The molecule has 0 atom stereocenters. The van der Waals surface area contributed by atoms with Gasteiger partial charge in [-0.1, -0.05) is 12.2 Å². The van der Waals surface area contributed by atoms with Crippen LogP contribution in [-0.4, -0.2) is 19.0 Å². The van der Waals surface area contributed by atoms with Crippen LogP contribution in [0.25, 0.3) is 0 Å². The molecule has 0 aromatic rings. The Balaban J connectivity index is 1.85. The molecular weight excluding hydrogens is 164 g/mol. The van der Waals surface area contributed by atoms with E-state index >= 15 is 0 Å². The van der Waals surface area contributed by atoms with E-state index in [1.54, 1.807) is 0 Å². The van der Waals surface area contributed by atoms with E-state index in [1.807, 2.05) is 0 Å². The summed E-state index contributed by atoms with van der Waals surface area (Å²) in [7, 11) is 0. The Morgan fingerprint density at radius 2 is 1.85 bits per heavy atom. The number of Topliss-reactive ketones (excluding diaryl/α,β-unsaturated/α-hetero) is 1. The Kier molecular flexibility index (Phi) is 2.49. The highest BCUT2D eigenvalue weighted by molar-refractivity contribution is 5.85. The standard InChI is InChI=1S/C11H16O2/c1-8-6-10(7-8)11(12)9-2-4-13-5-3-9/h9-10H,1-7H2. The molecule has 72 valence electrons. The summed E-state index contributed by atoms with van der Waals surface area (Å²) in [6.45, 7) is 5.40. The smallest absolute Gasteiger partial charge is 0.139 e. The lowest BCUT2D eigenvalue weighted by atomic mass is 9.73. The zero-order valence-electron chi connectivity index (χ0n) is 7.92. The van der Waals surface area contributed by atoms with Crippen LogP contribution in [0.4, 0.5) is 0 Å². The van der Waals surface area contributed by atoms with Crippen molar-refractivity contribution in [2.24, 2.45) is 11.8 Å². The first-order valence-electron chi connectivity index (χ1n) is 5.05. The zero-order chi connectivity index (χ0) is 9.26. The summed E-state index contributed by atoms with van der Waals surface area (Å²) in [6.07, 6.45) is 3.75. The first-order valence-corrected chi connectivity index (χ1v) is 5.05. The molecule has 0 aromatic carbocycles. The van der Waals surface area contributed by atoms with Gasteiger partial charge in [-0.15, -0.1) is 0 Å². The fourth-order valence-electron chi connectivity index (χ4n) is 2.15. The van der Waals surface area contributed by atoms with E-state index in [4.69, 9.17) is 4.74 Å². The summed E-state index contributed by atoms with van der Waals surface area (Å²) in [5.41, 5.74) is 1.24. The number of hydrogen-bond acceptors (Lipinski definition) is 2. The van der Waals surface area contributed by atoms with Gasteiger partial charge in [0.2, 0.25) is 0 Å². The SMILES string of the molecule is C=C1CC(C(=O)C2CCOCC2)C1. The Morgan fingerprint density at radius 1 is 1.23 bits per heavy atom. The second-order valence-corrected chi connectivity index (χ2v) is 4.14. The molecule has 2 nitrogen and oxygen atoms in total. The molecule has 0 aromatic heterocycles. The summed E-state index contributed by atoms with van der Waals surface area (Å²) in [6, 6.07) is 0. The second kappa shape index (κ2) is 3.62. The number of carbonyl (C=O) groups is 1. The molecule has 13 heavy (non-hydrogen) atoms. The minimum atomic E-state index is 0.284. The molecule has 0 radical (unpaired) electrons. The van der Waals surface area contributed by atoms with Crippen molar-refractivity contribution in [3.05, 3.63) is 12.2 Å². The topological polar surface area (TPSA) is 26.3 Å². The van der Waals surface area contributed by atoms with Crippen LogP contribution < -0.4 is 0 Å². The summed E-state index contributed by atoms with van der Waals surface area (Å²) in [5.74, 6) is 1.05. The molecule has 2 rings (SSSR count). The van der Waals surface area contributed by atoms with Crippen LogP contribution in [0.3, 0.4) is 0 Å². The number of ketones is 1. The average molecular weight is 180 g/mol. The van der Waals surface area contributed by atoms with Gasteiger partial charge in [0.05, 0.1) is 0 Å². The van der Waals surface area contributed by atoms with Gasteiger partial charge in [0.1, 0.15) is 5.78 Å². The third kappa shape index (κ3) is 1.83. The van der Waals surface area contributed by atoms with E-state index < -0.39 is 0 Å². The lowest BCUT2D eigenvalue weighted by Gasteiger charge is -2.31. The first kappa shape index (κ1) is 8.95. The van der Waals surface area contributed by atoms with Gasteiger partial charge >= 0.3 is 0 Å². The van der Waals surface area contributed by atoms with Gasteiger partial charge in [0.15, 0.2) is 0 Å². The van der Waals surface area contributed by atoms with Crippen LogP contribution in [0, 0.1) is 11.8 Å². The normalized spacial score (nSPS) is 25.7. The highest BCUT2D eigenvalue weighted by Crippen LogP contribution is 2.35. The number of carbonyl (C=O) groups excluding carboxylic acids is 1. The van der Waals surface area contributed by atoms with Gasteiger partial charge in [-0.25, -0.2) is 0 Å². The van der Waals surface area contributed by atoms with Crippen molar-refractivity contribution in [3.63, 3.8) is 0 Å². The van der Waals surface area contributed by atoms with E-state index in [2.05, 4.69) is 6.58 Å². The highest BCUT2D eigenvalue weighted by atomic mass is 16.5. The number of allylic oxidation sites excluding steroid dienone is 1. The number of rotatable bonds is 2. The predicted octanol–water partition coefficient (Wildman–Crippen LogP) is 1.95. The summed E-state index contributed by atoms with van der Waals surface area (Å²) in [4.78, 5) is 11.8.